The third kappa shape index (κ3) is 3.02. The highest BCUT2D eigenvalue weighted by Crippen LogP contribution is 2.41. The number of aryl methyl sites for hydroxylation is 1. The number of nitrogens with one attached hydrogen (secondary N) is 1. The van der Waals surface area contributed by atoms with Crippen LogP contribution < -0.4 is 5.32 Å². The van der Waals surface area contributed by atoms with E-state index in [1.165, 1.54) is 11.3 Å². The molecule has 0 unspecified atom stereocenters. The second kappa shape index (κ2) is 6.24. The largest absolute Gasteiger partial charge is 0.377 e. The van der Waals surface area contributed by atoms with Crippen LogP contribution in [0, 0.1) is 12.3 Å². The molecule has 0 spiro atoms. The van der Waals surface area contributed by atoms with Crippen LogP contribution in [-0.4, -0.2) is 48.6 Å². The van der Waals surface area contributed by atoms with Gasteiger partial charge in [0.05, 0.1) is 16.4 Å². The van der Waals surface area contributed by atoms with E-state index < -0.39 is 5.41 Å². The normalized spacial score (nSPS) is 27.1. The van der Waals surface area contributed by atoms with Crippen LogP contribution in [0.3, 0.4) is 0 Å². The molecule has 1 N–H and O–H groups in total. The maximum atomic E-state index is 12.8. The molecule has 126 valence electrons. The van der Waals surface area contributed by atoms with Gasteiger partial charge in [-0.2, -0.15) is 0 Å². The van der Waals surface area contributed by atoms with Gasteiger partial charge in [-0.1, -0.05) is 0 Å². The van der Waals surface area contributed by atoms with Crippen LogP contribution in [0.5, 0.6) is 0 Å². The average Bonchev–Trinajstić information content (AvgIpc) is 3.11. The first kappa shape index (κ1) is 16.5. The Balaban J connectivity index is 1.81. The summed E-state index contributed by atoms with van der Waals surface area (Å²) < 4.78 is 5.80. The first-order valence-corrected chi connectivity index (χ1v) is 9.07. The van der Waals surface area contributed by atoms with Gasteiger partial charge in [0, 0.05) is 25.7 Å². The molecule has 3 heterocycles. The highest BCUT2D eigenvalue weighted by atomic mass is 32.1. The fourth-order valence-corrected chi connectivity index (χ4v) is 4.41. The third-order valence-corrected chi connectivity index (χ3v) is 5.75. The molecule has 1 aromatic heterocycles. The van der Waals surface area contributed by atoms with E-state index in [1.54, 1.807) is 0 Å². The summed E-state index contributed by atoms with van der Waals surface area (Å²) >= 11 is 1.47. The van der Waals surface area contributed by atoms with Crippen molar-refractivity contribution in [2.45, 2.75) is 45.8 Å². The van der Waals surface area contributed by atoms with Gasteiger partial charge in [0.1, 0.15) is 0 Å². The van der Waals surface area contributed by atoms with Crippen molar-refractivity contribution in [2.24, 2.45) is 5.41 Å². The number of likely N-dealkylation sites (tertiary alicyclic amines) is 1. The van der Waals surface area contributed by atoms with Crippen molar-refractivity contribution in [3.05, 3.63) is 21.9 Å². The van der Waals surface area contributed by atoms with Crippen LogP contribution in [0.15, 0.2) is 11.4 Å². The molecule has 0 aromatic carbocycles. The second-order valence-electron chi connectivity index (χ2n) is 6.90. The number of amides is 2. The van der Waals surface area contributed by atoms with Crippen molar-refractivity contribution in [2.75, 3.05) is 19.7 Å². The van der Waals surface area contributed by atoms with E-state index in [0.29, 0.717) is 26.1 Å². The number of fused-ring (bicyclic) bond motifs is 1. The zero-order chi connectivity index (χ0) is 16.6. The molecule has 3 rings (SSSR count). The minimum atomic E-state index is -0.593. The average molecular weight is 336 g/mol. The van der Waals surface area contributed by atoms with Gasteiger partial charge in [-0.15, -0.1) is 11.3 Å². The van der Waals surface area contributed by atoms with Gasteiger partial charge in [-0.25, -0.2) is 0 Å². The predicted octanol–water partition coefficient (Wildman–Crippen LogP) is 2.20. The number of nitrogens with zero attached hydrogens (tertiary/aromatic N) is 1. The molecule has 6 heteroatoms. The van der Waals surface area contributed by atoms with Gasteiger partial charge in [0.25, 0.3) is 5.91 Å². The first-order valence-electron chi connectivity index (χ1n) is 8.19. The fraction of sp³-hybridized carbons (Fsp3) is 0.647. The second-order valence-corrected chi connectivity index (χ2v) is 7.81. The van der Waals surface area contributed by atoms with Crippen LogP contribution in [0.25, 0.3) is 0 Å². The minimum absolute atomic E-state index is 0.0230. The Kier molecular flexibility index (Phi) is 4.47. The summed E-state index contributed by atoms with van der Waals surface area (Å²) in [5, 5.41) is 5.01. The molecule has 2 amide bonds. The van der Waals surface area contributed by atoms with Crippen LogP contribution in [0.1, 0.15) is 41.9 Å². The summed E-state index contributed by atoms with van der Waals surface area (Å²) in [6, 6.07) is 2.01. The zero-order valence-electron chi connectivity index (χ0n) is 13.9. The van der Waals surface area contributed by atoms with E-state index in [4.69, 9.17) is 4.74 Å². The summed E-state index contributed by atoms with van der Waals surface area (Å²) in [5.74, 6) is 0.0556. The standard InChI is InChI=1S/C17H24N2O3S/c1-11(2)18-16(21)17-5-7-22-14(17)4-6-19(10-17)15(20)13-8-12(3)9-23-13/h8-9,11,14H,4-7,10H2,1-3H3,(H,18,21)/t14-,17-/m1/s1. The van der Waals surface area contributed by atoms with E-state index in [1.807, 2.05) is 37.1 Å². The number of rotatable bonds is 3. The Bertz CT molecular complexity index is 613. The Morgan fingerprint density at radius 2 is 2.26 bits per heavy atom. The Morgan fingerprint density at radius 3 is 2.91 bits per heavy atom. The highest BCUT2D eigenvalue weighted by molar-refractivity contribution is 7.12. The van der Waals surface area contributed by atoms with Crippen molar-refractivity contribution < 1.29 is 14.3 Å². The number of hydrogen-bond acceptors (Lipinski definition) is 4. The topological polar surface area (TPSA) is 58.6 Å². The van der Waals surface area contributed by atoms with E-state index in [9.17, 15) is 9.59 Å². The van der Waals surface area contributed by atoms with Gasteiger partial charge in [0.2, 0.25) is 5.91 Å². The van der Waals surface area contributed by atoms with Gasteiger partial charge in [-0.05, 0) is 50.6 Å². The minimum Gasteiger partial charge on any atom is -0.377 e. The molecule has 2 aliphatic heterocycles. The van der Waals surface area contributed by atoms with Crippen molar-refractivity contribution >= 4 is 23.2 Å². The van der Waals surface area contributed by atoms with E-state index in [0.717, 1.165) is 16.9 Å². The van der Waals surface area contributed by atoms with Gasteiger partial charge >= 0.3 is 0 Å². The molecular formula is C17H24N2O3S. The van der Waals surface area contributed by atoms with Crippen molar-refractivity contribution in [1.82, 2.24) is 10.2 Å². The first-order chi connectivity index (χ1) is 10.9. The number of carbonyl (C=O) groups is 2. The number of piperidine rings is 1. The molecule has 23 heavy (non-hydrogen) atoms. The lowest BCUT2D eigenvalue weighted by Crippen LogP contribution is -2.59. The number of thiophene rings is 1. The number of ether oxygens (including phenoxy) is 1. The molecule has 2 fully saturated rings. The Morgan fingerprint density at radius 1 is 1.48 bits per heavy atom. The van der Waals surface area contributed by atoms with Gasteiger partial charge < -0.3 is 15.0 Å². The monoisotopic (exact) mass is 336 g/mol. The lowest BCUT2D eigenvalue weighted by molar-refractivity contribution is -0.138. The molecule has 0 saturated carbocycles. The smallest absolute Gasteiger partial charge is 0.263 e. The van der Waals surface area contributed by atoms with E-state index in [-0.39, 0.29) is 24.0 Å². The molecular weight excluding hydrogens is 312 g/mol. The van der Waals surface area contributed by atoms with Crippen molar-refractivity contribution in [3.8, 4) is 0 Å². The lowest BCUT2D eigenvalue weighted by atomic mass is 9.75. The number of hydrogen-bond donors (Lipinski definition) is 1. The predicted molar refractivity (Wildman–Crippen MR) is 89.6 cm³/mol. The molecule has 0 aliphatic carbocycles. The molecule has 5 nitrogen and oxygen atoms in total. The van der Waals surface area contributed by atoms with E-state index >= 15 is 0 Å². The van der Waals surface area contributed by atoms with Crippen molar-refractivity contribution in [3.63, 3.8) is 0 Å². The summed E-state index contributed by atoms with van der Waals surface area (Å²) in [6.07, 6.45) is 1.33. The molecule has 2 aliphatic rings. The number of carbonyl (C=O) groups excluding carboxylic acids is 2. The lowest BCUT2D eigenvalue weighted by Gasteiger charge is -2.42. The SMILES string of the molecule is Cc1csc(C(=O)N2CC[C@H]3OCC[C@@]3(C(=O)NC(C)C)C2)c1. The Hall–Kier alpha value is -1.40. The summed E-state index contributed by atoms with van der Waals surface area (Å²) in [6.45, 7) is 7.60. The maximum Gasteiger partial charge on any atom is 0.263 e. The zero-order valence-corrected chi connectivity index (χ0v) is 14.7. The molecule has 1 aromatic rings. The van der Waals surface area contributed by atoms with Crippen LogP contribution in [-0.2, 0) is 9.53 Å². The summed E-state index contributed by atoms with van der Waals surface area (Å²) in [5.41, 5.74) is 0.509. The fourth-order valence-electron chi connectivity index (χ4n) is 3.55. The quantitative estimate of drug-likeness (QED) is 0.920. The van der Waals surface area contributed by atoms with Crippen molar-refractivity contribution in [1.29, 1.82) is 0 Å². The van der Waals surface area contributed by atoms with E-state index in [2.05, 4.69) is 5.32 Å². The van der Waals surface area contributed by atoms with Gasteiger partial charge in [-0.3, -0.25) is 9.59 Å². The molecule has 2 saturated heterocycles. The van der Waals surface area contributed by atoms with Gasteiger partial charge in [0.15, 0.2) is 0 Å². The molecule has 0 bridgehead atoms. The summed E-state index contributed by atoms with van der Waals surface area (Å²) in [4.78, 5) is 28.1. The summed E-state index contributed by atoms with van der Waals surface area (Å²) in [7, 11) is 0. The molecule has 2 atom stereocenters. The Labute approximate surface area is 141 Å². The highest BCUT2D eigenvalue weighted by Gasteiger charge is 2.54. The maximum absolute atomic E-state index is 12.8. The van der Waals surface area contributed by atoms with Crippen LogP contribution in [0.2, 0.25) is 0 Å². The van der Waals surface area contributed by atoms with Crippen LogP contribution >= 0.6 is 11.3 Å². The van der Waals surface area contributed by atoms with Crippen LogP contribution in [0.4, 0.5) is 0 Å². The third-order valence-electron chi connectivity index (χ3n) is 4.72. The molecule has 0 radical (unpaired) electrons.